The summed E-state index contributed by atoms with van der Waals surface area (Å²) in [5, 5.41) is 0.562. The first-order valence-electron chi connectivity index (χ1n) is 6.86. The molecule has 0 aromatic carbocycles. The normalized spacial score (nSPS) is 13.3. The van der Waals surface area contributed by atoms with Gasteiger partial charge in [0.25, 0.3) is 0 Å². The van der Waals surface area contributed by atoms with Crippen molar-refractivity contribution in [3.05, 3.63) is 0 Å². The fourth-order valence-electron chi connectivity index (χ4n) is 2.01. The molecule has 1 unspecified atom stereocenters. The average molecular weight is 309 g/mol. The quantitative estimate of drug-likeness (QED) is 0.331. The van der Waals surface area contributed by atoms with Crippen LogP contribution in [0.3, 0.4) is 0 Å². The summed E-state index contributed by atoms with van der Waals surface area (Å²) in [7, 11) is 2.27. The Bertz CT molecular complexity index is 239. The first-order chi connectivity index (χ1) is 9.03. The third-order valence-corrected chi connectivity index (χ3v) is 6.04. The van der Waals surface area contributed by atoms with Gasteiger partial charge in [-0.05, 0) is 25.1 Å². The second kappa shape index (κ2) is 10.7. The Hall–Kier alpha value is -0.0131. The third-order valence-electron chi connectivity index (χ3n) is 3.12. The highest BCUT2D eigenvalue weighted by Crippen LogP contribution is 2.21. The lowest BCUT2D eigenvalue weighted by Gasteiger charge is -2.28. The molecule has 6 heteroatoms. The van der Waals surface area contributed by atoms with Crippen LogP contribution in [0.5, 0.6) is 0 Å². The third kappa shape index (κ3) is 7.99. The van der Waals surface area contributed by atoms with Crippen LogP contribution in [0.1, 0.15) is 46.0 Å². The molecule has 1 atom stereocenters. The largest absolute Gasteiger partial charge is 0.503 e. The zero-order valence-corrected chi connectivity index (χ0v) is 14.7. The molecule has 0 aliphatic carbocycles. The Balaban J connectivity index is 4.43. The van der Waals surface area contributed by atoms with Crippen molar-refractivity contribution in [1.29, 1.82) is 0 Å². The van der Waals surface area contributed by atoms with E-state index in [1.165, 1.54) is 19.3 Å². The van der Waals surface area contributed by atoms with E-state index in [4.69, 9.17) is 30.2 Å². The Kier molecular flexibility index (Phi) is 10.7. The second-order valence-corrected chi connectivity index (χ2v) is 8.15. The molecule has 0 aliphatic rings. The fourth-order valence-corrected chi connectivity index (χ4v) is 4.00. The van der Waals surface area contributed by atoms with E-state index >= 15 is 0 Å². The van der Waals surface area contributed by atoms with Crippen LogP contribution in [-0.2, 0) is 18.0 Å². The number of thiocarbonyl (C=S) groups is 1. The number of rotatable bonds is 11. The van der Waals surface area contributed by atoms with Crippen molar-refractivity contribution >= 4 is 26.1 Å². The highest BCUT2D eigenvalue weighted by molar-refractivity contribution is 7.80. The van der Waals surface area contributed by atoms with Crippen molar-refractivity contribution in [2.75, 3.05) is 21.3 Å². The van der Waals surface area contributed by atoms with Crippen LogP contribution in [0.4, 0.5) is 0 Å². The summed E-state index contributed by atoms with van der Waals surface area (Å²) < 4.78 is 22.1. The minimum absolute atomic E-state index is 0.0147. The predicted molar refractivity (Wildman–Crippen MR) is 83.5 cm³/mol. The molecule has 0 rings (SSSR count). The minimum atomic E-state index is -2.60. The van der Waals surface area contributed by atoms with E-state index in [1.54, 1.807) is 28.3 Å². The highest BCUT2D eigenvalue weighted by Gasteiger charge is 2.41. The molecule has 0 bridgehead atoms. The molecule has 0 spiro atoms. The number of hydrogen-bond acceptors (Lipinski definition) is 5. The van der Waals surface area contributed by atoms with E-state index in [0.717, 1.165) is 12.8 Å². The molecule has 19 heavy (non-hydrogen) atoms. The summed E-state index contributed by atoms with van der Waals surface area (Å²) in [5.74, 6) is 0. The Morgan fingerprint density at radius 2 is 1.63 bits per heavy atom. The zero-order chi connectivity index (χ0) is 14.7. The van der Waals surface area contributed by atoms with Crippen molar-refractivity contribution in [3.63, 3.8) is 0 Å². The zero-order valence-electron chi connectivity index (χ0n) is 12.9. The SMILES string of the molecule is CCCCCCC(C[Si](OC)(OC)OC)OC(C)=S. The van der Waals surface area contributed by atoms with Gasteiger partial charge in [0, 0.05) is 28.3 Å². The van der Waals surface area contributed by atoms with Crippen LogP contribution >= 0.6 is 12.2 Å². The van der Waals surface area contributed by atoms with Crippen LogP contribution < -0.4 is 0 Å². The lowest BCUT2D eigenvalue weighted by atomic mass is 10.1. The number of ether oxygens (including phenoxy) is 1. The summed E-state index contributed by atoms with van der Waals surface area (Å²) in [6, 6.07) is 0.636. The van der Waals surface area contributed by atoms with E-state index in [0.29, 0.717) is 11.1 Å². The van der Waals surface area contributed by atoms with Crippen LogP contribution in [0.2, 0.25) is 6.04 Å². The van der Waals surface area contributed by atoms with Gasteiger partial charge in [0.05, 0.1) is 6.04 Å². The molecule has 0 saturated carbocycles. The molecule has 4 nitrogen and oxygen atoms in total. The summed E-state index contributed by atoms with van der Waals surface area (Å²) in [6.45, 7) is 4.00. The average Bonchev–Trinajstić information content (AvgIpc) is 2.40. The van der Waals surface area contributed by atoms with E-state index in [-0.39, 0.29) is 6.10 Å². The lowest BCUT2D eigenvalue weighted by molar-refractivity contribution is 0.0983. The standard InChI is InChI=1S/C13H28O4SSi/c1-6-7-8-9-10-13(17-12(2)18)11-19(14-3,15-4)16-5/h13H,6-11H2,1-5H3. The van der Waals surface area contributed by atoms with Crippen molar-refractivity contribution in [1.82, 2.24) is 0 Å². The molecule has 0 radical (unpaired) electrons. The van der Waals surface area contributed by atoms with Gasteiger partial charge in [-0.25, -0.2) is 0 Å². The van der Waals surface area contributed by atoms with Crippen LogP contribution in [0, 0.1) is 0 Å². The minimum Gasteiger partial charge on any atom is -0.484 e. The molecular weight excluding hydrogens is 280 g/mol. The van der Waals surface area contributed by atoms with E-state index in [2.05, 4.69) is 6.92 Å². The van der Waals surface area contributed by atoms with E-state index < -0.39 is 8.80 Å². The maximum atomic E-state index is 5.72. The molecule has 0 aliphatic heterocycles. The van der Waals surface area contributed by atoms with E-state index in [1.807, 2.05) is 0 Å². The highest BCUT2D eigenvalue weighted by atomic mass is 32.1. The summed E-state index contributed by atoms with van der Waals surface area (Å²) in [5.41, 5.74) is 0. The van der Waals surface area contributed by atoms with Crippen molar-refractivity contribution in [2.45, 2.75) is 58.1 Å². The first kappa shape index (κ1) is 19.0. The van der Waals surface area contributed by atoms with Gasteiger partial charge in [-0.1, -0.05) is 26.2 Å². The molecule has 0 N–H and O–H groups in total. The molecule has 0 aromatic rings. The Morgan fingerprint density at radius 1 is 1.05 bits per heavy atom. The number of hydrogen-bond donors (Lipinski definition) is 0. The summed E-state index contributed by atoms with van der Waals surface area (Å²) in [6.07, 6.45) is 5.80. The predicted octanol–water partition coefficient (Wildman–Crippen LogP) is 3.57. The van der Waals surface area contributed by atoms with Crippen LogP contribution in [0.15, 0.2) is 0 Å². The maximum absolute atomic E-state index is 5.72. The molecule has 0 fully saturated rings. The van der Waals surface area contributed by atoms with Gasteiger partial charge in [-0.2, -0.15) is 0 Å². The first-order valence-corrected chi connectivity index (χ1v) is 9.20. The molecule has 0 saturated heterocycles. The van der Waals surface area contributed by atoms with Gasteiger partial charge in [0.1, 0.15) is 6.10 Å². The van der Waals surface area contributed by atoms with Crippen molar-refractivity contribution in [2.24, 2.45) is 0 Å². The lowest BCUT2D eigenvalue weighted by Crippen LogP contribution is -2.46. The molecular formula is C13H28O4SSi. The van der Waals surface area contributed by atoms with Gasteiger partial charge in [0.15, 0.2) is 5.05 Å². The summed E-state index contributed by atoms with van der Waals surface area (Å²) >= 11 is 5.04. The van der Waals surface area contributed by atoms with Gasteiger partial charge in [-0.15, -0.1) is 0 Å². The topological polar surface area (TPSA) is 36.9 Å². The smallest absolute Gasteiger partial charge is 0.484 e. The van der Waals surface area contributed by atoms with Crippen molar-refractivity contribution < 1.29 is 18.0 Å². The van der Waals surface area contributed by atoms with Crippen LogP contribution in [0.25, 0.3) is 0 Å². The van der Waals surface area contributed by atoms with Gasteiger partial charge in [0.2, 0.25) is 0 Å². The molecule has 0 amide bonds. The second-order valence-electron chi connectivity index (χ2n) is 4.58. The Morgan fingerprint density at radius 3 is 2.05 bits per heavy atom. The fraction of sp³-hybridized carbons (Fsp3) is 0.923. The number of unbranched alkanes of at least 4 members (excludes halogenated alkanes) is 3. The van der Waals surface area contributed by atoms with Crippen molar-refractivity contribution in [3.8, 4) is 0 Å². The summed E-state index contributed by atoms with van der Waals surface area (Å²) in [4.78, 5) is 0. The Labute approximate surface area is 124 Å². The van der Waals surface area contributed by atoms with Gasteiger partial charge in [-0.3, -0.25) is 0 Å². The monoisotopic (exact) mass is 308 g/mol. The van der Waals surface area contributed by atoms with Gasteiger partial charge >= 0.3 is 8.80 Å². The maximum Gasteiger partial charge on any atom is 0.503 e. The van der Waals surface area contributed by atoms with Crippen LogP contribution in [-0.4, -0.2) is 41.3 Å². The van der Waals surface area contributed by atoms with Gasteiger partial charge < -0.3 is 18.0 Å². The molecule has 0 aromatic heterocycles. The molecule has 0 heterocycles. The van der Waals surface area contributed by atoms with E-state index in [9.17, 15) is 0 Å². The molecule has 114 valence electrons.